The van der Waals surface area contributed by atoms with Crippen molar-refractivity contribution < 1.29 is 23.5 Å². The van der Waals surface area contributed by atoms with Crippen molar-refractivity contribution in [2.45, 2.75) is 13.0 Å². The van der Waals surface area contributed by atoms with Crippen LogP contribution in [0, 0.1) is 6.92 Å². The van der Waals surface area contributed by atoms with Crippen LogP contribution >= 0.6 is 11.6 Å². The second-order valence-electron chi connectivity index (χ2n) is 6.10. The van der Waals surface area contributed by atoms with Gasteiger partial charge in [-0.25, -0.2) is 0 Å². The van der Waals surface area contributed by atoms with Crippen LogP contribution in [0.2, 0.25) is 5.02 Å². The number of benzene rings is 1. The van der Waals surface area contributed by atoms with E-state index in [2.05, 4.69) is 0 Å². The highest BCUT2D eigenvalue weighted by atomic mass is 35.5. The summed E-state index contributed by atoms with van der Waals surface area (Å²) in [5.41, 5.74) is 1.16. The van der Waals surface area contributed by atoms with Gasteiger partial charge in [0, 0.05) is 10.7 Å². The predicted molar refractivity (Wildman–Crippen MR) is 97.8 cm³/mol. The summed E-state index contributed by atoms with van der Waals surface area (Å²) in [6.45, 7) is 1.84. The number of carbonyl (C=O) groups excluding carboxylic acids is 2. The van der Waals surface area contributed by atoms with E-state index in [0.717, 1.165) is 5.56 Å². The molecule has 1 amide bonds. The van der Waals surface area contributed by atoms with E-state index >= 15 is 0 Å². The minimum atomic E-state index is -0.941. The molecule has 1 aliphatic heterocycles. The van der Waals surface area contributed by atoms with Crippen molar-refractivity contribution in [1.29, 1.82) is 0 Å². The van der Waals surface area contributed by atoms with E-state index in [4.69, 9.17) is 20.4 Å². The van der Waals surface area contributed by atoms with Crippen LogP contribution in [-0.2, 0) is 4.79 Å². The fourth-order valence-electron chi connectivity index (χ4n) is 3.09. The van der Waals surface area contributed by atoms with E-state index in [0.29, 0.717) is 16.5 Å². The summed E-state index contributed by atoms with van der Waals surface area (Å²) < 4.78 is 10.6. The third-order valence-corrected chi connectivity index (χ3v) is 4.85. The second kappa shape index (κ2) is 6.48. The van der Waals surface area contributed by atoms with E-state index in [9.17, 15) is 14.7 Å². The van der Waals surface area contributed by atoms with Crippen molar-refractivity contribution in [3.05, 3.63) is 88.4 Å². The Morgan fingerprint density at radius 1 is 1.15 bits per heavy atom. The van der Waals surface area contributed by atoms with E-state index in [1.54, 1.807) is 36.4 Å². The van der Waals surface area contributed by atoms with Gasteiger partial charge in [0.25, 0.3) is 5.91 Å². The summed E-state index contributed by atoms with van der Waals surface area (Å²) in [4.78, 5) is 27.0. The average Bonchev–Trinajstić information content (AvgIpc) is 3.39. The van der Waals surface area contributed by atoms with Crippen LogP contribution < -0.4 is 4.90 Å². The number of carbonyl (C=O) groups is 2. The molecule has 0 saturated carbocycles. The normalized spacial score (nSPS) is 17.0. The monoisotopic (exact) mass is 383 g/mol. The van der Waals surface area contributed by atoms with Gasteiger partial charge in [-0.15, -0.1) is 0 Å². The third kappa shape index (κ3) is 2.74. The lowest BCUT2D eigenvalue weighted by Gasteiger charge is -2.25. The Labute approximate surface area is 159 Å². The lowest BCUT2D eigenvalue weighted by Crippen LogP contribution is -2.30. The van der Waals surface area contributed by atoms with E-state index < -0.39 is 23.5 Å². The van der Waals surface area contributed by atoms with Crippen molar-refractivity contribution in [3.8, 4) is 0 Å². The molecular formula is C20H14ClNO5. The maximum absolute atomic E-state index is 12.9. The number of Topliss-reactive ketones (excluding diaryl/α,β-unsaturated/α-hetero) is 1. The first-order valence-corrected chi connectivity index (χ1v) is 8.51. The molecule has 1 aromatic carbocycles. The third-order valence-electron chi connectivity index (χ3n) is 4.44. The number of nitrogens with zero attached hydrogens (tertiary/aromatic N) is 1. The average molecular weight is 384 g/mol. The fraction of sp³-hybridized carbons (Fsp3) is 0.100. The summed E-state index contributed by atoms with van der Waals surface area (Å²) >= 11 is 6.21. The van der Waals surface area contributed by atoms with Gasteiger partial charge in [0.05, 0.1) is 18.1 Å². The van der Waals surface area contributed by atoms with Gasteiger partial charge in [0.1, 0.15) is 11.8 Å². The van der Waals surface area contributed by atoms with E-state index in [1.807, 2.05) is 6.92 Å². The van der Waals surface area contributed by atoms with Crippen LogP contribution in [0.3, 0.4) is 0 Å². The first-order chi connectivity index (χ1) is 13.0. The van der Waals surface area contributed by atoms with Gasteiger partial charge >= 0.3 is 0 Å². The number of aryl methyl sites for hydroxylation is 1. The number of amides is 1. The topological polar surface area (TPSA) is 83.9 Å². The largest absolute Gasteiger partial charge is 0.503 e. The first kappa shape index (κ1) is 17.2. The smallest absolute Gasteiger partial charge is 0.294 e. The molecular weight excluding hydrogens is 370 g/mol. The van der Waals surface area contributed by atoms with E-state index in [1.165, 1.54) is 23.5 Å². The molecule has 1 atom stereocenters. The molecule has 6 nitrogen and oxygen atoms in total. The Kier molecular flexibility index (Phi) is 4.12. The van der Waals surface area contributed by atoms with Crippen LogP contribution in [0.15, 0.2) is 75.2 Å². The lowest BCUT2D eigenvalue weighted by molar-refractivity contribution is -0.117. The van der Waals surface area contributed by atoms with Crippen molar-refractivity contribution in [3.63, 3.8) is 0 Å². The molecule has 0 radical (unpaired) electrons. The molecule has 4 rings (SSSR count). The summed E-state index contributed by atoms with van der Waals surface area (Å²) in [7, 11) is 0. The lowest BCUT2D eigenvalue weighted by atomic mass is 9.99. The van der Waals surface area contributed by atoms with Crippen LogP contribution in [0.1, 0.15) is 27.9 Å². The maximum atomic E-state index is 12.9. The molecule has 0 bridgehead atoms. The highest BCUT2D eigenvalue weighted by Gasteiger charge is 2.46. The second-order valence-corrected chi connectivity index (χ2v) is 6.50. The summed E-state index contributed by atoms with van der Waals surface area (Å²) in [6.07, 6.45) is 2.78. The van der Waals surface area contributed by atoms with Crippen molar-refractivity contribution in [2.75, 3.05) is 4.90 Å². The molecule has 136 valence electrons. The highest BCUT2D eigenvalue weighted by molar-refractivity contribution is 6.31. The molecule has 1 aliphatic rings. The maximum Gasteiger partial charge on any atom is 0.294 e. The Morgan fingerprint density at radius 3 is 2.52 bits per heavy atom. The Bertz CT molecular complexity index is 1050. The zero-order valence-corrected chi connectivity index (χ0v) is 14.9. The Morgan fingerprint density at radius 2 is 1.89 bits per heavy atom. The molecule has 7 heteroatoms. The minimum absolute atomic E-state index is 0.0182. The van der Waals surface area contributed by atoms with Gasteiger partial charge in [0.15, 0.2) is 11.5 Å². The van der Waals surface area contributed by atoms with Gasteiger partial charge in [-0.1, -0.05) is 17.7 Å². The first-order valence-electron chi connectivity index (χ1n) is 8.13. The number of ketones is 1. The number of furan rings is 2. The van der Waals surface area contributed by atoms with Crippen LogP contribution in [0.4, 0.5) is 5.69 Å². The zero-order chi connectivity index (χ0) is 19.1. The number of anilines is 1. The van der Waals surface area contributed by atoms with Gasteiger partial charge in [-0.05, 0) is 48.9 Å². The van der Waals surface area contributed by atoms with Crippen molar-refractivity contribution >= 4 is 29.0 Å². The molecule has 1 unspecified atom stereocenters. The van der Waals surface area contributed by atoms with Gasteiger partial charge < -0.3 is 13.9 Å². The molecule has 0 spiro atoms. The number of hydrogen-bond acceptors (Lipinski definition) is 5. The van der Waals surface area contributed by atoms with Gasteiger partial charge in [0.2, 0.25) is 5.78 Å². The van der Waals surface area contributed by atoms with Crippen molar-refractivity contribution in [1.82, 2.24) is 0 Å². The molecule has 1 N–H and O–H groups in total. The highest BCUT2D eigenvalue weighted by Crippen LogP contribution is 2.42. The minimum Gasteiger partial charge on any atom is -0.503 e. The standard InChI is InChI=1S/C20H14ClNO5/c1-11-6-7-12(10-13(11)21)22-17(14-4-2-8-26-14)16(19(24)20(22)25)18(23)15-5-3-9-27-15/h2-10,17,24H,1H3. The summed E-state index contributed by atoms with van der Waals surface area (Å²) in [5.74, 6) is -1.60. The molecule has 2 aromatic heterocycles. The number of aliphatic hydroxyl groups excluding tert-OH is 1. The van der Waals surface area contributed by atoms with Crippen LogP contribution in [-0.4, -0.2) is 16.8 Å². The van der Waals surface area contributed by atoms with E-state index in [-0.39, 0.29) is 11.3 Å². The number of rotatable bonds is 4. The van der Waals surface area contributed by atoms with Crippen LogP contribution in [0.25, 0.3) is 0 Å². The molecule has 3 aromatic rings. The SMILES string of the molecule is Cc1ccc(N2C(=O)C(O)=C(C(=O)c3ccco3)C2c2ccco2)cc1Cl. The van der Waals surface area contributed by atoms with Gasteiger partial charge in [-0.2, -0.15) is 0 Å². The Balaban J connectivity index is 1.87. The van der Waals surface area contributed by atoms with Crippen molar-refractivity contribution in [2.24, 2.45) is 0 Å². The predicted octanol–water partition coefficient (Wildman–Crippen LogP) is 4.62. The molecule has 0 aliphatic carbocycles. The fourth-order valence-corrected chi connectivity index (χ4v) is 3.27. The quantitative estimate of drug-likeness (QED) is 0.664. The summed E-state index contributed by atoms with van der Waals surface area (Å²) in [6, 6.07) is 10.4. The number of halogens is 1. The number of aliphatic hydroxyl groups is 1. The Hall–Kier alpha value is -3.25. The molecule has 0 saturated heterocycles. The molecule has 0 fully saturated rings. The summed E-state index contributed by atoms with van der Waals surface area (Å²) in [5, 5.41) is 11.0. The molecule has 3 heterocycles. The molecule has 27 heavy (non-hydrogen) atoms. The van der Waals surface area contributed by atoms with Crippen LogP contribution in [0.5, 0.6) is 0 Å². The zero-order valence-electron chi connectivity index (χ0n) is 14.2. The number of hydrogen-bond donors (Lipinski definition) is 1. The van der Waals surface area contributed by atoms with Gasteiger partial charge in [-0.3, -0.25) is 14.5 Å².